The fraction of sp³-hybridized carbons (Fsp3) is 0.286. The van der Waals surface area contributed by atoms with Crippen molar-refractivity contribution in [3.05, 3.63) is 53.5 Å². The molecule has 1 aliphatic heterocycles. The van der Waals surface area contributed by atoms with Crippen molar-refractivity contribution in [2.75, 3.05) is 5.32 Å². The molecule has 3 heterocycles. The predicted octanol–water partition coefficient (Wildman–Crippen LogP) is 4.87. The molecule has 6 nitrogen and oxygen atoms in total. The van der Waals surface area contributed by atoms with Crippen molar-refractivity contribution in [1.82, 2.24) is 24.5 Å². The van der Waals surface area contributed by atoms with Crippen LogP contribution in [0.25, 0.3) is 27.7 Å². The van der Waals surface area contributed by atoms with Crippen molar-refractivity contribution >= 4 is 16.6 Å². The first-order chi connectivity index (χ1) is 14.2. The Morgan fingerprint density at radius 3 is 2.67 bits per heavy atom. The van der Waals surface area contributed by atoms with Crippen LogP contribution in [0.1, 0.15) is 37.5 Å². The molecule has 0 aliphatic carbocycles. The Morgan fingerprint density at radius 2 is 1.93 bits per heavy atom. The molecule has 0 saturated heterocycles. The largest absolute Gasteiger partial charge is 0.371 e. The van der Waals surface area contributed by atoms with Gasteiger partial charge in [0.15, 0.2) is 5.82 Å². The van der Waals surface area contributed by atoms with Gasteiger partial charge in [-0.15, -0.1) is 10.2 Å². The third-order valence-corrected chi connectivity index (χ3v) is 5.62. The zero-order valence-corrected chi connectivity index (χ0v) is 16.8. The minimum atomic E-state index is -2.92. The van der Waals surface area contributed by atoms with Crippen molar-refractivity contribution in [1.29, 1.82) is 0 Å². The Kier molecular flexibility index (Phi) is 3.77. The van der Waals surface area contributed by atoms with Gasteiger partial charge in [-0.3, -0.25) is 9.25 Å². The third kappa shape index (κ3) is 2.41. The van der Waals surface area contributed by atoms with Crippen LogP contribution < -0.4 is 5.32 Å². The van der Waals surface area contributed by atoms with E-state index in [0.717, 1.165) is 5.52 Å². The van der Waals surface area contributed by atoms with Gasteiger partial charge >= 0.3 is 0 Å². The molecule has 5 rings (SSSR count). The summed E-state index contributed by atoms with van der Waals surface area (Å²) in [5.41, 5.74) is 0.324. The molecule has 0 radical (unpaired) electrons. The lowest BCUT2D eigenvalue weighted by Crippen LogP contribution is -2.36. The van der Waals surface area contributed by atoms with Gasteiger partial charge in [0, 0.05) is 18.0 Å². The molecule has 1 aliphatic rings. The van der Waals surface area contributed by atoms with E-state index in [1.54, 1.807) is 41.5 Å². The van der Waals surface area contributed by atoms with Crippen LogP contribution in [0.15, 0.2) is 30.5 Å². The van der Waals surface area contributed by atoms with Gasteiger partial charge in [-0.2, -0.15) is 5.10 Å². The summed E-state index contributed by atoms with van der Waals surface area (Å²) >= 11 is 0. The number of alkyl halides is 2. The lowest BCUT2D eigenvalue weighted by atomic mass is 9.91. The van der Waals surface area contributed by atoms with Gasteiger partial charge in [0.2, 0.25) is 0 Å². The van der Waals surface area contributed by atoms with E-state index < -0.39 is 23.3 Å². The van der Waals surface area contributed by atoms with Crippen LogP contribution in [0.3, 0.4) is 0 Å². The molecule has 154 valence electrons. The quantitative estimate of drug-likeness (QED) is 0.511. The summed E-state index contributed by atoms with van der Waals surface area (Å²) in [6.07, 6.45) is -1.36. The highest BCUT2D eigenvalue weighted by Crippen LogP contribution is 2.47. The van der Waals surface area contributed by atoms with Crippen molar-refractivity contribution in [3.8, 4) is 16.8 Å². The van der Waals surface area contributed by atoms with E-state index in [1.165, 1.54) is 6.07 Å². The molecule has 2 aromatic heterocycles. The molecule has 0 bridgehead atoms. The zero-order chi connectivity index (χ0) is 21.4. The molecule has 9 heteroatoms. The highest BCUT2D eigenvalue weighted by molar-refractivity contribution is 5.97. The monoisotopic (exact) mass is 412 g/mol. The maximum absolute atomic E-state index is 15.4. The van der Waals surface area contributed by atoms with Crippen LogP contribution in [0.4, 0.5) is 18.9 Å². The van der Waals surface area contributed by atoms with Crippen LogP contribution in [-0.2, 0) is 12.6 Å². The van der Waals surface area contributed by atoms with Crippen LogP contribution >= 0.6 is 0 Å². The molecule has 2 aromatic carbocycles. The van der Waals surface area contributed by atoms with Gasteiger partial charge in [-0.25, -0.2) is 13.2 Å². The second-order valence-corrected chi connectivity index (χ2v) is 8.01. The predicted molar refractivity (Wildman–Crippen MR) is 107 cm³/mol. The van der Waals surface area contributed by atoms with E-state index in [0.29, 0.717) is 22.6 Å². The molecule has 0 atom stereocenters. The molecule has 30 heavy (non-hydrogen) atoms. The smallest absolute Gasteiger partial charge is 0.266 e. The van der Waals surface area contributed by atoms with E-state index in [2.05, 4.69) is 20.6 Å². The minimum absolute atomic E-state index is 0.136. The number of nitrogens with one attached hydrogen (secondary N) is 1. The average molecular weight is 412 g/mol. The SMILES string of the molecule is Cc1nnc2n1-c1c(cc(F)c(-c3cccc4c3cnn4C)c1C(F)F)NC2(C)C. The number of anilines is 1. The van der Waals surface area contributed by atoms with E-state index in [-0.39, 0.29) is 16.9 Å². The molecular weight excluding hydrogens is 393 g/mol. The average Bonchev–Trinajstić information content (AvgIpc) is 3.24. The number of halogens is 3. The van der Waals surface area contributed by atoms with Crippen LogP contribution in [0.5, 0.6) is 0 Å². The van der Waals surface area contributed by atoms with E-state index >= 15 is 4.39 Å². The minimum Gasteiger partial charge on any atom is -0.371 e. The summed E-state index contributed by atoms with van der Waals surface area (Å²) in [4.78, 5) is 0. The number of rotatable bonds is 2. The molecule has 0 saturated carbocycles. The van der Waals surface area contributed by atoms with E-state index in [1.807, 2.05) is 19.9 Å². The van der Waals surface area contributed by atoms with Gasteiger partial charge in [-0.05, 0) is 38.5 Å². The first-order valence-corrected chi connectivity index (χ1v) is 9.47. The Balaban J connectivity index is 1.92. The van der Waals surface area contributed by atoms with Gasteiger partial charge in [-0.1, -0.05) is 12.1 Å². The number of nitrogens with zero attached hydrogens (tertiary/aromatic N) is 5. The van der Waals surface area contributed by atoms with Crippen molar-refractivity contribution in [2.45, 2.75) is 32.7 Å². The van der Waals surface area contributed by atoms with Crippen molar-refractivity contribution in [3.63, 3.8) is 0 Å². The highest BCUT2D eigenvalue weighted by Gasteiger charge is 2.38. The van der Waals surface area contributed by atoms with Gasteiger partial charge < -0.3 is 5.32 Å². The molecule has 0 spiro atoms. The number of hydrogen-bond acceptors (Lipinski definition) is 4. The summed E-state index contributed by atoms with van der Waals surface area (Å²) in [5, 5.41) is 16.2. The van der Waals surface area contributed by atoms with Crippen LogP contribution in [0, 0.1) is 12.7 Å². The van der Waals surface area contributed by atoms with Crippen molar-refractivity contribution in [2.24, 2.45) is 7.05 Å². The Labute approximate surface area is 170 Å². The summed E-state index contributed by atoms with van der Waals surface area (Å²) < 4.78 is 47.7. The second kappa shape index (κ2) is 6.07. The molecule has 0 fully saturated rings. The second-order valence-electron chi connectivity index (χ2n) is 8.01. The van der Waals surface area contributed by atoms with Crippen LogP contribution in [0.2, 0.25) is 0 Å². The summed E-state index contributed by atoms with van der Waals surface area (Å²) in [6.45, 7) is 5.39. The number of aromatic nitrogens is 5. The normalized spacial score (nSPS) is 14.7. The lowest BCUT2D eigenvalue weighted by Gasteiger charge is -2.35. The topological polar surface area (TPSA) is 60.6 Å². The molecule has 4 aromatic rings. The van der Waals surface area contributed by atoms with Gasteiger partial charge in [0.1, 0.15) is 11.6 Å². The summed E-state index contributed by atoms with van der Waals surface area (Å²) in [5.74, 6) is 0.226. The molecular formula is C21H19F3N6. The summed E-state index contributed by atoms with van der Waals surface area (Å²) in [7, 11) is 1.75. The molecule has 1 N–H and O–H groups in total. The van der Waals surface area contributed by atoms with Gasteiger partial charge in [0.25, 0.3) is 6.43 Å². The van der Waals surface area contributed by atoms with Crippen LogP contribution in [-0.4, -0.2) is 24.5 Å². The zero-order valence-electron chi connectivity index (χ0n) is 16.8. The Bertz CT molecular complexity index is 1320. The van der Waals surface area contributed by atoms with E-state index in [4.69, 9.17) is 0 Å². The standard InChI is InChI=1S/C21H19F3N6/c1-10-27-28-20-21(2,3)26-14-8-13(22)16(17(19(23)24)18(14)30(10)20)11-6-5-7-15-12(11)9-25-29(15)4/h5-9,19,26H,1-4H3. The first kappa shape index (κ1) is 18.7. The highest BCUT2D eigenvalue weighted by atomic mass is 19.3. The van der Waals surface area contributed by atoms with Crippen molar-refractivity contribution < 1.29 is 13.2 Å². The first-order valence-electron chi connectivity index (χ1n) is 9.47. The number of benzene rings is 2. The van der Waals surface area contributed by atoms with Gasteiger partial charge in [0.05, 0.1) is 34.2 Å². The maximum Gasteiger partial charge on any atom is 0.266 e. The fourth-order valence-electron chi connectivity index (χ4n) is 4.30. The number of hydrogen-bond donors (Lipinski definition) is 1. The summed E-state index contributed by atoms with van der Waals surface area (Å²) in [6, 6.07) is 6.44. The third-order valence-electron chi connectivity index (χ3n) is 5.62. The molecule has 0 unspecified atom stereocenters. The maximum atomic E-state index is 15.4. The molecule has 0 amide bonds. The number of aryl methyl sites for hydroxylation is 2. The lowest BCUT2D eigenvalue weighted by molar-refractivity contribution is 0.151. The Morgan fingerprint density at radius 1 is 1.17 bits per heavy atom. The number of fused-ring (bicyclic) bond motifs is 4. The van der Waals surface area contributed by atoms with E-state index in [9.17, 15) is 8.78 Å². The Hall–Kier alpha value is -3.36. The fourth-order valence-corrected chi connectivity index (χ4v) is 4.30.